The first-order valence-corrected chi connectivity index (χ1v) is 14.6. The highest BCUT2D eigenvalue weighted by Crippen LogP contribution is 2.33. The summed E-state index contributed by atoms with van der Waals surface area (Å²) in [6, 6.07) is 16.7. The molecule has 214 valence electrons. The van der Waals surface area contributed by atoms with Gasteiger partial charge < -0.3 is 15.0 Å². The van der Waals surface area contributed by atoms with Crippen molar-refractivity contribution in [2.45, 2.75) is 51.2 Å². The summed E-state index contributed by atoms with van der Waals surface area (Å²) in [5, 5.41) is 3.10. The molecule has 0 aliphatic carbocycles. The van der Waals surface area contributed by atoms with Gasteiger partial charge >= 0.3 is 0 Å². The lowest BCUT2D eigenvalue weighted by Crippen LogP contribution is -2.52. The third kappa shape index (κ3) is 7.51. The van der Waals surface area contributed by atoms with Crippen LogP contribution in [-0.4, -0.2) is 50.4 Å². The molecule has 0 aliphatic rings. The van der Waals surface area contributed by atoms with Crippen LogP contribution in [0.25, 0.3) is 0 Å². The van der Waals surface area contributed by atoms with E-state index >= 15 is 0 Å². The Balaban J connectivity index is 2.09. The van der Waals surface area contributed by atoms with E-state index in [0.29, 0.717) is 5.02 Å². The zero-order valence-electron chi connectivity index (χ0n) is 22.8. The number of amides is 2. The Labute approximate surface area is 239 Å². The Morgan fingerprint density at radius 3 is 2.23 bits per heavy atom. The summed E-state index contributed by atoms with van der Waals surface area (Å²) in [6.45, 7) is 6.15. The second kappa shape index (κ2) is 13.6. The van der Waals surface area contributed by atoms with Crippen molar-refractivity contribution in [1.82, 2.24) is 10.2 Å². The first kappa shape index (κ1) is 30.9. The molecule has 3 aromatic rings. The summed E-state index contributed by atoms with van der Waals surface area (Å²) >= 11 is 5.98. The number of benzene rings is 3. The van der Waals surface area contributed by atoms with Gasteiger partial charge in [0.05, 0.1) is 17.2 Å². The maximum absolute atomic E-state index is 14.6. The number of nitrogens with one attached hydrogen (secondary N) is 1. The Hall–Kier alpha value is -3.63. The van der Waals surface area contributed by atoms with E-state index in [1.165, 1.54) is 60.4 Å². The Kier molecular flexibility index (Phi) is 10.5. The van der Waals surface area contributed by atoms with E-state index in [9.17, 15) is 22.4 Å². The molecule has 0 heterocycles. The molecule has 0 bridgehead atoms. The van der Waals surface area contributed by atoms with E-state index in [1.807, 2.05) is 0 Å². The lowest BCUT2D eigenvalue weighted by atomic mass is 10.1. The summed E-state index contributed by atoms with van der Waals surface area (Å²) in [6.07, 6.45) is 0. The fourth-order valence-corrected chi connectivity index (χ4v) is 5.54. The van der Waals surface area contributed by atoms with Crippen LogP contribution < -0.4 is 14.4 Å². The monoisotopic (exact) mass is 589 g/mol. The van der Waals surface area contributed by atoms with Crippen LogP contribution in [0.3, 0.4) is 0 Å². The van der Waals surface area contributed by atoms with Crippen LogP contribution in [0.2, 0.25) is 5.02 Å². The summed E-state index contributed by atoms with van der Waals surface area (Å²) in [4.78, 5) is 28.0. The molecule has 3 rings (SSSR count). The van der Waals surface area contributed by atoms with Gasteiger partial charge in [-0.3, -0.25) is 13.9 Å². The fraction of sp³-hybridized carbons (Fsp3) is 0.310. The van der Waals surface area contributed by atoms with Crippen LogP contribution in [0.4, 0.5) is 10.1 Å². The third-order valence-electron chi connectivity index (χ3n) is 6.01. The molecule has 11 heteroatoms. The van der Waals surface area contributed by atoms with Crippen molar-refractivity contribution >= 4 is 39.1 Å². The SMILES string of the molecule is CCOc1ccccc1N(CC(=O)N(Cc1ccccc1F)[C@@H](C)C(=O)NC(C)C)S(=O)(=O)c1ccc(Cl)cc1. The zero-order chi connectivity index (χ0) is 29.4. The van der Waals surface area contributed by atoms with Gasteiger partial charge in [0.1, 0.15) is 24.2 Å². The molecule has 0 saturated carbocycles. The second-order valence-corrected chi connectivity index (χ2v) is 11.6. The topological polar surface area (TPSA) is 96.0 Å². The number of halogens is 2. The average molecular weight is 590 g/mol. The number of hydrogen-bond donors (Lipinski definition) is 1. The van der Waals surface area contributed by atoms with Crippen molar-refractivity contribution in [3.05, 3.63) is 89.2 Å². The lowest BCUT2D eigenvalue weighted by molar-refractivity contribution is -0.139. The molecule has 1 N–H and O–H groups in total. The van der Waals surface area contributed by atoms with Crippen LogP contribution in [-0.2, 0) is 26.2 Å². The third-order valence-corrected chi connectivity index (χ3v) is 8.04. The summed E-state index contributed by atoms with van der Waals surface area (Å²) in [5.74, 6) is -1.47. The molecule has 0 aliphatic heterocycles. The number of rotatable bonds is 12. The average Bonchev–Trinajstić information content (AvgIpc) is 2.91. The van der Waals surface area contributed by atoms with Gasteiger partial charge in [0.2, 0.25) is 11.8 Å². The summed E-state index contributed by atoms with van der Waals surface area (Å²) < 4.78 is 49.1. The summed E-state index contributed by atoms with van der Waals surface area (Å²) in [7, 11) is -4.31. The molecule has 0 spiro atoms. The predicted molar refractivity (Wildman–Crippen MR) is 153 cm³/mol. The minimum Gasteiger partial charge on any atom is -0.492 e. The van der Waals surface area contributed by atoms with Crippen molar-refractivity contribution in [3.63, 3.8) is 0 Å². The lowest BCUT2D eigenvalue weighted by Gasteiger charge is -2.32. The smallest absolute Gasteiger partial charge is 0.264 e. The number of anilines is 1. The molecular weight excluding hydrogens is 557 g/mol. The number of sulfonamides is 1. The number of para-hydroxylation sites is 2. The van der Waals surface area contributed by atoms with Gasteiger partial charge in [-0.05, 0) is 70.2 Å². The molecule has 1 atom stereocenters. The van der Waals surface area contributed by atoms with Crippen molar-refractivity contribution in [3.8, 4) is 5.75 Å². The van der Waals surface area contributed by atoms with Crippen LogP contribution in [0, 0.1) is 5.82 Å². The van der Waals surface area contributed by atoms with Gasteiger partial charge in [-0.25, -0.2) is 12.8 Å². The van der Waals surface area contributed by atoms with Gasteiger partial charge in [-0.2, -0.15) is 0 Å². The fourth-order valence-electron chi connectivity index (χ4n) is 3.99. The molecule has 0 radical (unpaired) electrons. The highest BCUT2D eigenvalue weighted by Gasteiger charge is 2.34. The highest BCUT2D eigenvalue weighted by molar-refractivity contribution is 7.92. The molecular formula is C29H33ClFN3O5S. The zero-order valence-corrected chi connectivity index (χ0v) is 24.4. The quantitative estimate of drug-likeness (QED) is 0.320. The van der Waals surface area contributed by atoms with Crippen molar-refractivity contribution in [1.29, 1.82) is 0 Å². The Bertz CT molecular complexity index is 1430. The van der Waals surface area contributed by atoms with Gasteiger partial charge in [0, 0.05) is 23.2 Å². The molecule has 2 amide bonds. The van der Waals surface area contributed by atoms with E-state index in [2.05, 4.69) is 5.32 Å². The first-order valence-electron chi connectivity index (χ1n) is 12.8. The number of carbonyl (C=O) groups is 2. The minimum atomic E-state index is -4.31. The molecule has 0 unspecified atom stereocenters. The number of carbonyl (C=O) groups excluding carboxylic acids is 2. The van der Waals surface area contributed by atoms with Crippen LogP contribution in [0.1, 0.15) is 33.3 Å². The van der Waals surface area contributed by atoms with Crippen molar-refractivity contribution < 1.29 is 27.1 Å². The van der Waals surface area contributed by atoms with E-state index in [0.717, 1.165) is 4.31 Å². The molecule has 8 nitrogen and oxygen atoms in total. The van der Waals surface area contributed by atoms with Gasteiger partial charge in [-0.15, -0.1) is 0 Å². The van der Waals surface area contributed by atoms with Crippen LogP contribution in [0.15, 0.2) is 77.7 Å². The molecule has 0 aromatic heterocycles. The van der Waals surface area contributed by atoms with E-state index < -0.39 is 40.2 Å². The molecule has 0 saturated heterocycles. The first-order chi connectivity index (χ1) is 18.9. The standard InChI is InChI=1S/C29H33ClFN3O5S/c1-5-39-27-13-9-8-12-26(27)34(40(37,38)24-16-14-23(30)15-17-24)19-28(35)33(21(4)29(36)32-20(2)3)18-22-10-6-7-11-25(22)31/h6-17,20-21H,5,18-19H2,1-4H3,(H,32,36)/t21-/m0/s1. The van der Waals surface area contributed by atoms with E-state index in [-0.39, 0.29) is 41.1 Å². The maximum atomic E-state index is 14.6. The molecule has 0 fully saturated rings. The molecule has 3 aromatic carbocycles. The van der Waals surface area contributed by atoms with Gasteiger partial charge in [-0.1, -0.05) is 41.9 Å². The largest absolute Gasteiger partial charge is 0.492 e. The second-order valence-electron chi connectivity index (χ2n) is 9.32. The maximum Gasteiger partial charge on any atom is 0.264 e. The highest BCUT2D eigenvalue weighted by atomic mass is 35.5. The van der Waals surface area contributed by atoms with Crippen LogP contribution in [0.5, 0.6) is 5.75 Å². The number of nitrogens with zero attached hydrogens (tertiary/aromatic N) is 2. The Morgan fingerprint density at radius 2 is 1.60 bits per heavy atom. The molecule has 40 heavy (non-hydrogen) atoms. The van der Waals surface area contributed by atoms with E-state index in [1.54, 1.807) is 45.0 Å². The van der Waals surface area contributed by atoms with Gasteiger partial charge in [0.15, 0.2) is 0 Å². The van der Waals surface area contributed by atoms with E-state index in [4.69, 9.17) is 16.3 Å². The van der Waals surface area contributed by atoms with Crippen molar-refractivity contribution in [2.24, 2.45) is 0 Å². The Morgan fingerprint density at radius 1 is 0.975 bits per heavy atom. The normalized spacial score (nSPS) is 12.1. The minimum absolute atomic E-state index is 0.0951. The van der Waals surface area contributed by atoms with Crippen LogP contribution >= 0.6 is 11.6 Å². The number of hydrogen-bond acceptors (Lipinski definition) is 5. The number of ether oxygens (including phenoxy) is 1. The van der Waals surface area contributed by atoms with Gasteiger partial charge in [0.25, 0.3) is 10.0 Å². The van der Waals surface area contributed by atoms with Crippen molar-refractivity contribution in [2.75, 3.05) is 17.5 Å². The predicted octanol–water partition coefficient (Wildman–Crippen LogP) is 5.02. The summed E-state index contributed by atoms with van der Waals surface area (Å²) in [5.41, 5.74) is 0.319.